The highest BCUT2D eigenvalue weighted by Gasteiger charge is 2.34. The molecule has 0 atom stereocenters. The molecule has 2 fully saturated rings. The molecule has 0 saturated carbocycles. The molecule has 2 rings (SSSR count). The fourth-order valence-electron chi connectivity index (χ4n) is 2.92. The van der Waals surface area contributed by atoms with Gasteiger partial charge in [0, 0.05) is 58.8 Å². The van der Waals surface area contributed by atoms with Crippen molar-refractivity contribution < 1.29 is 13.2 Å². The fourth-order valence-corrected chi connectivity index (χ4v) is 4.50. The van der Waals surface area contributed by atoms with Crippen molar-refractivity contribution in [3.63, 3.8) is 0 Å². The average Bonchev–Trinajstić information content (AvgIpc) is 2.55. The molecule has 2 aliphatic rings. The number of hydrogen-bond donors (Lipinski definition) is 1. The lowest BCUT2D eigenvalue weighted by atomic mass is 10.2. The molecule has 0 aromatic carbocycles. The van der Waals surface area contributed by atoms with Gasteiger partial charge in [-0.25, -0.2) is 0 Å². The highest BCUT2D eigenvalue weighted by atomic mass is 32.2. The summed E-state index contributed by atoms with van der Waals surface area (Å²) < 4.78 is 28.4. The van der Waals surface area contributed by atoms with E-state index in [9.17, 15) is 13.2 Å². The topological polar surface area (TPSA) is 76.2 Å². The predicted molar refractivity (Wildman–Crippen MR) is 89.3 cm³/mol. The summed E-state index contributed by atoms with van der Waals surface area (Å²) in [6, 6.07) is 0. The second-order valence-electron chi connectivity index (χ2n) is 6.20. The van der Waals surface area contributed by atoms with Gasteiger partial charge in [0.25, 0.3) is 10.2 Å². The smallest absolute Gasteiger partial charge is 0.282 e. The van der Waals surface area contributed by atoms with Gasteiger partial charge in [0.15, 0.2) is 0 Å². The zero-order valence-electron chi connectivity index (χ0n) is 14.2. The molecule has 8 nitrogen and oxygen atoms in total. The Morgan fingerprint density at radius 3 is 2.00 bits per heavy atom. The number of likely N-dealkylation sites (N-methyl/N-ethyl adjacent to an activating group) is 1. The summed E-state index contributed by atoms with van der Waals surface area (Å²) >= 11 is 0. The molecule has 1 amide bonds. The summed E-state index contributed by atoms with van der Waals surface area (Å²) in [6.07, 6.45) is 1.33. The molecular formula is C14H29N5O3S. The maximum absolute atomic E-state index is 12.7. The van der Waals surface area contributed by atoms with Crippen LogP contribution in [-0.2, 0) is 15.0 Å². The monoisotopic (exact) mass is 347 g/mol. The van der Waals surface area contributed by atoms with E-state index < -0.39 is 10.2 Å². The Morgan fingerprint density at radius 2 is 1.48 bits per heavy atom. The van der Waals surface area contributed by atoms with Crippen LogP contribution in [0.3, 0.4) is 0 Å². The van der Waals surface area contributed by atoms with Crippen LogP contribution >= 0.6 is 0 Å². The number of rotatable bonds is 6. The van der Waals surface area contributed by atoms with E-state index >= 15 is 0 Å². The van der Waals surface area contributed by atoms with Crippen LogP contribution in [0.2, 0.25) is 0 Å². The number of carbonyl (C=O) groups is 1. The summed E-state index contributed by atoms with van der Waals surface area (Å²) in [4.78, 5) is 16.0. The van der Waals surface area contributed by atoms with E-state index in [0.717, 1.165) is 26.1 Å². The molecule has 0 radical (unpaired) electrons. The molecule has 2 heterocycles. The van der Waals surface area contributed by atoms with Gasteiger partial charge < -0.3 is 15.1 Å². The van der Waals surface area contributed by atoms with Crippen LogP contribution in [0.5, 0.6) is 0 Å². The van der Waals surface area contributed by atoms with E-state index in [1.807, 2.05) is 14.1 Å². The van der Waals surface area contributed by atoms with Crippen molar-refractivity contribution in [1.82, 2.24) is 23.7 Å². The van der Waals surface area contributed by atoms with Gasteiger partial charge in [-0.05, 0) is 27.1 Å². The van der Waals surface area contributed by atoms with Crippen molar-refractivity contribution in [2.24, 2.45) is 0 Å². The second-order valence-corrected chi connectivity index (χ2v) is 8.13. The first-order valence-corrected chi connectivity index (χ1v) is 9.71. The SMILES string of the molecule is CNCCCC(=O)N1CCN(S(=O)(=O)N2CCN(C)CC2)CC1. The van der Waals surface area contributed by atoms with Gasteiger partial charge in [0.05, 0.1) is 0 Å². The maximum Gasteiger partial charge on any atom is 0.282 e. The molecule has 9 heteroatoms. The number of nitrogens with zero attached hydrogens (tertiary/aromatic N) is 4. The molecule has 1 N–H and O–H groups in total. The van der Waals surface area contributed by atoms with Gasteiger partial charge >= 0.3 is 0 Å². The molecule has 2 aliphatic heterocycles. The van der Waals surface area contributed by atoms with Gasteiger partial charge in [-0.1, -0.05) is 0 Å². The summed E-state index contributed by atoms with van der Waals surface area (Å²) in [6.45, 7) is 5.22. The highest BCUT2D eigenvalue weighted by Crippen LogP contribution is 2.15. The number of carbonyl (C=O) groups excluding carboxylic acids is 1. The third-order valence-electron chi connectivity index (χ3n) is 4.52. The van der Waals surface area contributed by atoms with Crippen molar-refractivity contribution in [1.29, 1.82) is 0 Å². The average molecular weight is 347 g/mol. The third-order valence-corrected chi connectivity index (χ3v) is 6.56. The zero-order valence-corrected chi connectivity index (χ0v) is 15.0. The Hall–Kier alpha value is -0.740. The van der Waals surface area contributed by atoms with Crippen LogP contribution in [0, 0.1) is 0 Å². The lowest BCUT2D eigenvalue weighted by Crippen LogP contribution is -2.57. The Balaban J connectivity index is 1.82. The zero-order chi connectivity index (χ0) is 16.9. The predicted octanol–water partition coefficient (Wildman–Crippen LogP) is -1.38. The van der Waals surface area contributed by atoms with Gasteiger partial charge in [0.2, 0.25) is 5.91 Å². The molecule has 0 aromatic heterocycles. The molecular weight excluding hydrogens is 318 g/mol. The van der Waals surface area contributed by atoms with Crippen molar-refractivity contribution in [3.8, 4) is 0 Å². The van der Waals surface area contributed by atoms with Crippen molar-refractivity contribution in [2.45, 2.75) is 12.8 Å². The van der Waals surface area contributed by atoms with Crippen molar-refractivity contribution in [3.05, 3.63) is 0 Å². The fraction of sp³-hybridized carbons (Fsp3) is 0.929. The normalized spacial score (nSPS) is 22.4. The molecule has 0 aliphatic carbocycles. The van der Waals surface area contributed by atoms with Gasteiger partial charge in [0.1, 0.15) is 0 Å². The van der Waals surface area contributed by atoms with E-state index in [1.54, 1.807) is 9.21 Å². The summed E-state index contributed by atoms with van der Waals surface area (Å²) in [5.41, 5.74) is 0. The number of nitrogens with one attached hydrogen (secondary N) is 1. The molecule has 134 valence electrons. The standard InChI is InChI=1S/C14H29N5O3S/c1-15-5-3-4-14(20)17-8-12-19(13-9-17)23(21,22)18-10-6-16(2)7-11-18/h15H,3-13H2,1-2H3. The van der Waals surface area contributed by atoms with Crippen LogP contribution in [0.15, 0.2) is 0 Å². The van der Waals surface area contributed by atoms with Gasteiger partial charge in [-0.3, -0.25) is 4.79 Å². The lowest BCUT2D eigenvalue weighted by molar-refractivity contribution is -0.132. The minimum Gasteiger partial charge on any atom is -0.340 e. The first kappa shape index (κ1) is 18.6. The van der Waals surface area contributed by atoms with Gasteiger partial charge in [-0.2, -0.15) is 17.0 Å². The third kappa shape index (κ3) is 4.87. The van der Waals surface area contributed by atoms with Crippen LogP contribution < -0.4 is 5.32 Å². The van der Waals surface area contributed by atoms with Crippen LogP contribution in [0.25, 0.3) is 0 Å². The van der Waals surface area contributed by atoms with Crippen molar-refractivity contribution >= 4 is 16.1 Å². The highest BCUT2D eigenvalue weighted by molar-refractivity contribution is 7.86. The Kier molecular flexibility index (Phi) is 6.78. The largest absolute Gasteiger partial charge is 0.340 e. The molecule has 23 heavy (non-hydrogen) atoms. The molecule has 0 unspecified atom stereocenters. The van der Waals surface area contributed by atoms with E-state index in [1.165, 1.54) is 4.31 Å². The van der Waals surface area contributed by atoms with E-state index in [0.29, 0.717) is 45.7 Å². The second kappa shape index (κ2) is 8.39. The molecule has 0 bridgehead atoms. The van der Waals surface area contributed by atoms with E-state index in [2.05, 4.69) is 10.2 Å². The summed E-state index contributed by atoms with van der Waals surface area (Å²) in [5, 5.41) is 3.03. The quantitative estimate of drug-likeness (QED) is 0.600. The minimum absolute atomic E-state index is 0.122. The Labute approximate surface area is 139 Å². The number of amides is 1. The van der Waals surface area contributed by atoms with Crippen molar-refractivity contribution in [2.75, 3.05) is 73.0 Å². The maximum atomic E-state index is 12.7. The first-order chi connectivity index (χ1) is 10.9. The minimum atomic E-state index is -3.39. The van der Waals surface area contributed by atoms with E-state index in [-0.39, 0.29) is 5.91 Å². The molecule has 0 aromatic rings. The van der Waals surface area contributed by atoms with Gasteiger partial charge in [-0.15, -0.1) is 0 Å². The Bertz CT molecular complexity index is 483. The molecule has 0 spiro atoms. The first-order valence-electron chi connectivity index (χ1n) is 8.31. The molecule has 2 saturated heterocycles. The Morgan fingerprint density at radius 1 is 0.957 bits per heavy atom. The number of piperazine rings is 2. The number of hydrogen-bond acceptors (Lipinski definition) is 5. The van der Waals surface area contributed by atoms with Crippen LogP contribution in [-0.4, -0.2) is 106 Å². The van der Waals surface area contributed by atoms with Crippen LogP contribution in [0.4, 0.5) is 0 Å². The van der Waals surface area contributed by atoms with E-state index in [4.69, 9.17) is 0 Å². The van der Waals surface area contributed by atoms with Crippen LogP contribution in [0.1, 0.15) is 12.8 Å². The lowest BCUT2D eigenvalue weighted by Gasteiger charge is -2.39. The summed E-state index contributed by atoms with van der Waals surface area (Å²) in [7, 11) is 0.483. The summed E-state index contributed by atoms with van der Waals surface area (Å²) in [5.74, 6) is 0.122.